The van der Waals surface area contributed by atoms with Crippen molar-refractivity contribution < 1.29 is 9.18 Å². The molecule has 1 saturated heterocycles. The van der Waals surface area contributed by atoms with E-state index < -0.39 is 0 Å². The summed E-state index contributed by atoms with van der Waals surface area (Å²) < 4.78 is 13.5. The number of aryl methyl sites for hydroxylation is 1. The third-order valence-corrected chi connectivity index (χ3v) is 4.14. The van der Waals surface area contributed by atoms with E-state index in [4.69, 9.17) is 0 Å². The zero-order valence-corrected chi connectivity index (χ0v) is 12.5. The van der Waals surface area contributed by atoms with Crippen LogP contribution < -0.4 is 0 Å². The van der Waals surface area contributed by atoms with Crippen LogP contribution in [0.25, 0.3) is 0 Å². The van der Waals surface area contributed by atoms with Crippen molar-refractivity contribution in [2.75, 3.05) is 13.1 Å². The number of hydrogen-bond acceptors (Lipinski definition) is 1. The van der Waals surface area contributed by atoms with Crippen LogP contribution in [0.2, 0.25) is 0 Å². The molecule has 1 atom stereocenters. The molecule has 0 aromatic heterocycles. The van der Waals surface area contributed by atoms with Crippen LogP contribution in [0, 0.1) is 18.7 Å². The molecule has 0 saturated carbocycles. The summed E-state index contributed by atoms with van der Waals surface area (Å²) in [7, 11) is 0. The Bertz CT molecular complexity index is 472. The number of nitrogens with zero attached hydrogens (tertiary/aromatic N) is 1. The number of unbranched alkanes of at least 4 members (excludes halogenated alkanes) is 1. The monoisotopic (exact) mass is 277 g/mol. The Hall–Kier alpha value is -1.38. The van der Waals surface area contributed by atoms with E-state index in [9.17, 15) is 9.18 Å². The molecule has 1 heterocycles. The zero-order valence-electron chi connectivity index (χ0n) is 12.5. The van der Waals surface area contributed by atoms with E-state index in [1.54, 1.807) is 13.0 Å². The number of amides is 1. The predicted molar refractivity (Wildman–Crippen MR) is 79.1 cm³/mol. The van der Waals surface area contributed by atoms with Gasteiger partial charge in [0.05, 0.1) is 0 Å². The Kier molecular flexibility index (Phi) is 5.16. The lowest BCUT2D eigenvalue weighted by molar-refractivity contribution is -0.130. The highest BCUT2D eigenvalue weighted by atomic mass is 19.1. The number of likely N-dealkylation sites (tertiary alicyclic amines) is 1. The van der Waals surface area contributed by atoms with E-state index in [0.29, 0.717) is 17.9 Å². The predicted octanol–water partition coefficient (Wildman–Crippen LogP) is 3.72. The molecule has 1 unspecified atom stereocenters. The fraction of sp³-hybridized carbons (Fsp3) is 0.588. The van der Waals surface area contributed by atoms with Crippen molar-refractivity contribution in [3.05, 3.63) is 35.1 Å². The molecule has 20 heavy (non-hydrogen) atoms. The van der Waals surface area contributed by atoms with Crippen molar-refractivity contribution in [3.63, 3.8) is 0 Å². The summed E-state index contributed by atoms with van der Waals surface area (Å²) in [5.41, 5.74) is 1.73. The van der Waals surface area contributed by atoms with Gasteiger partial charge < -0.3 is 4.90 Å². The van der Waals surface area contributed by atoms with Gasteiger partial charge in [-0.1, -0.05) is 25.5 Å². The molecule has 1 aromatic carbocycles. The lowest BCUT2D eigenvalue weighted by atomic mass is 9.98. The van der Waals surface area contributed by atoms with Gasteiger partial charge in [-0.25, -0.2) is 4.39 Å². The first-order chi connectivity index (χ1) is 9.60. The highest BCUT2D eigenvalue weighted by Gasteiger charge is 2.25. The molecule has 0 N–H and O–H groups in total. The van der Waals surface area contributed by atoms with Gasteiger partial charge in [0, 0.05) is 19.5 Å². The van der Waals surface area contributed by atoms with E-state index in [1.165, 1.54) is 0 Å². The number of carbonyl (C=O) groups is 1. The molecule has 2 rings (SSSR count). The molecule has 1 amide bonds. The first-order valence-electron chi connectivity index (χ1n) is 7.63. The van der Waals surface area contributed by atoms with E-state index in [2.05, 4.69) is 6.92 Å². The second-order valence-electron chi connectivity index (χ2n) is 5.89. The van der Waals surface area contributed by atoms with Gasteiger partial charge in [-0.05, 0) is 49.3 Å². The number of hydrogen-bond donors (Lipinski definition) is 0. The molecule has 0 aliphatic carbocycles. The van der Waals surface area contributed by atoms with Crippen molar-refractivity contribution in [3.8, 4) is 0 Å². The van der Waals surface area contributed by atoms with Crippen LogP contribution in [0.3, 0.4) is 0 Å². The quantitative estimate of drug-likeness (QED) is 0.803. The summed E-state index contributed by atoms with van der Waals surface area (Å²) in [4.78, 5) is 13.9. The maximum Gasteiger partial charge on any atom is 0.222 e. The summed E-state index contributed by atoms with van der Waals surface area (Å²) in [6.07, 6.45) is 4.61. The summed E-state index contributed by atoms with van der Waals surface area (Å²) in [5, 5.41) is 0. The Labute approximate surface area is 121 Å². The molecule has 1 aromatic rings. The van der Waals surface area contributed by atoms with Crippen molar-refractivity contribution in [2.24, 2.45) is 5.92 Å². The summed E-state index contributed by atoms with van der Waals surface area (Å²) in [6.45, 7) is 5.58. The van der Waals surface area contributed by atoms with Crippen molar-refractivity contribution in [2.45, 2.75) is 46.0 Å². The zero-order chi connectivity index (χ0) is 14.5. The highest BCUT2D eigenvalue weighted by molar-refractivity contribution is 5.76. The van der Waals surface area contributed by atoms with Gasteiger partial charge in [-0.2, -0.15) is 0 Å². The third kappa shape index (κ3) is 3.81. The maximum atomic E-state index is 13.5. The normalized spacial score (nSPS) is 18.6. The molecular formula is C17H24FNO. The SMILES string of the molecule is CCCCC(=O)N1CCC(Cc2ccc(C)c(F)c2)C1. The average molecular weight is 277 g/mol. The first kappa shape index (κ1) is 15.0. The summed E-state index contributed by atoms with van der Waals surface area (Å²) in [6, 6.07) is 5.47. The number of halogens is 1. The van der Waals surface area contributed by atoms with Crippen LogP contribution in [0.1, 0.15) is 43.7 Å². The standard InChI is InChI=1S/C17H24FNO/c1-3-4-5-17(20)19-9-8-15(12-19)10-14-7-6-13(2)16(18)11-14/h6-7,11,15H,3-5,8-10,12H2,1-2H3. The fourth-order valence-electron chi connectivity index (χ4n) is 2.81. The molecule has 1 aliphatic rings. The molecule has 1 aliphatic heterocycles. The molecule has 0 radical (unpaired) electrons. The van der Waals surface area contributed by atoms with Crippen LogP contribution in [-0.4, -0.2) is 23.9 Å². The van der Waals surface area contributed by atoms with E-state index >= 15 is 0 Å². The largest absolute Gasteiger partial charge is 0.342 e. The molecule has 0 spiro atoms. The van der Waals surface area contributed by atoms with Crippen LogP contribution in [-0.2, 0) is 11.2 Å². The Morgan fingerprint density at radius 2 is 2.25 bits per heavy atom. The average Bonchev–Trinajstić information content (AvgIpc) is 2.89. The first-order valence-corrected chi connectivity index (χ1v) is 7.63. The van der Waals surface area contributed by atoms with Gasteiger partial charge in [-0.15, -0.1) is 0 Å². The molecule has 2 nitrogen and oxygen atoms in total. The smallest absolute Gasteiger partial charge is 0.222 e. The van der Waals surface area contributed by atoms with Gasteiger partial charge in [0.15, 0.2) is 0 Å². The van der Waals surface area contributed by atoms with E-state index in [0.717, 1.165) is 44.3 Å². The second kappa shape index (κ2) is 6.87. The summed E-state index contributed by atoms with van der Waals surface area (Å²) in [5.74, 6) is 0.628. The van der Waals surface area contributed by atoms with Gasteiger partial charge >= 0.3 is 0 Å². The number of rotatable bonds is 5. The minimum absolute atomic E-state index is 0.128. The maximum absolute atomic E-state index is 13.5. The fourth-order valence-corrected chi connectivity index (χ4v) is 2.81. The van der Waals surface area contributed by atoms with Crippen molar-refractivity contribution >= 4 is 5.91 Å². The van der Waals surface area contributed by atoms with Crippen LogP contribution in [0.15, 0.2) is 18.2 Å². The Morgan fingerprint density at radius 3 is 2.95 bits per heavy atom. The highest BCUT2D eigenvalue weighted by Crippen LogP contribution is 2.22. The van der Waals surface area contributed by atoms with Crippen molar-refractivity contribution in [1.82, 2.24) is 4.90 Å². The van der Waals surface area contributed by atoms with Crippen LogP contribution in [0.5, 0.6) is 0 Å². The lowest BCUT2D eigenvalue weighted by Gasteiger charge is -2.16. The molecule has 0 bridgehead atoms. The van der Waals surface area contributed by atoms with Gasteiger partial charge in [0.2, 0.25) is 5.91 Å². The van der Waals surface area contributed by atoms with Crippen molar-refractivity contribution in [1.29, 1.82) is 0 Å². The minimum Gasteiger partial charge on any atom is -0.342 e. The van der Waals surface area contributed by atoms with Gasteiger partial charge in [0.1, 0.15) is 5.82 Å². The van der Waals surface area contributed by atoms with Gasteiger partial charge in [0.25, 0.3) is 0 Å². The Balaban J connectivity index is 1.86. The second-order valence-corrected chi connectivity index (χ2v) is 5.89. The molecular weight excluding hydrogens is 253 g/mol. The van der Waals surface area contributed by atoms with E-state index in [1.807, 2.05) is 17.0 Å². The number of benzene rings is 1. The van der Waals surface area contributed by atoms with Crippen LogP contribution >= 0.6 is 0 Å². The Morgan fingerprint density at radius 1 is 1.45 bits per heavy atom. The molecule has 110 valence electrons. The number of carbonyl (C=O) groups excluding carboxylic acids is 1. The topological polar surface area (TPSA) is 20.3 Å². The van der Waals surface area contributed by atoms with Gasteiger partial charge in [-0.3, -0.25) is 4.79 Å². The van der Waals surface area contributed by atoms with E-state index in [-0.39, 0.29) is 11.7 Å². The summed E-state index contributed by atoms with van der Waals surface area (Å²) >= 11 is 0. The molecule has 3 heteroatoms. The van der Waals surface area contributed by atoms with Crippen LogP contribution in [0.4, 0.5) is 4.39 Å². The minimum atomic E-state index is -0.128. The molecule has 1 fully saturated rings. The third-order valence-electron chi connectivity index (χ3n) is 4.14. The lowest BCUT2D eigenvalue weighted by Crippen LogP contribution is -2.28.